The lowest BCUT2D eigenvalue weighted by Crippen LogP contribution is -2.19. The molecule has 0 radical (unpaired) electrons. The zero-order chi connectivity index (χ0) is 15.1. The number of thioether (sulfide) groups is 1. The van der Waals surface area contributed by atoms with E-state index in [1.54, 1.807) is 0 Å². The van der Waals surface area contributed by atoms with Crippen molar-refractivity contribution >= 4 is 11.8 Å². The van der Waals surface area contributed by atoms with Crippen molar-refractivity contribution in [3.8, 4) is 11.4 Å². The van der Waals surface area contributed by atoms with Crippen molar-refractivity contribution in [2.45, 2.75) is 32.2 Å². The minimum atomic E-state index is 0.648. The fourth-order valence-electron chi connectivity index (χ4n) is 1.99. The van der Waals surface area contributed by atoms with Crippen LogP contribution in [0.15, 0.2) is 41.4 Å². The molecule has 1 aromatic carbocycles. The largest absolute Gasteiger partial charge is 0.311 e. The monoisotopic (exact) mass is 301 g/mol. The van der Waals surface area contributed by atoms with Crippen LogP contribution in [-0.2, 0) is 6.54 Å². The van der Waals surface area contributed by atoms with Crippen LogP contribution >= 0.6 is 11.8 Å². The molecule has 3 nitrogen and oxygen atoms in total. The van der Waals surface area contributed by atoms with Crippen LogP contribution < -0.4 is 5.32 Å². The maximum absolute atomic E-state index is 4.64. The van der Waals surface area contributed by atoms with Crippen LogP contribution in [0.1, 0.15) is 26.5 Å². The van der Waals surface area contributed by atoms with Crippen molar-refractivity contribution in [3.63, 3.8) is 0 Å². The average molecular weight is 301 g/mol. The molecule has 0 aliphatic heterocycles. The summed E-state index contributed by atoms with van der Waals surface area (Å²) in [7, 11) is 0. The topological polar surface area (TPSA) is 37.8 Å². The van der Waals surface area contributed by atoms with Gasteiger partial charge in [-0.1, -0.05) is 32.9 Å². The second-order valence-electron chi connectivity index (χ2n) is 5.35. The summed E-state index contributed by atoms with van der Waals surface area (Å²) in [5.41, 5.74) is 2.11. The molecular weight excluding hydrogens is 278 g/mol. The summed E-state index contributed by atoms with van der Waals surface area (Å²) < 4.78 is 0. The second kappa shape index (κ2) is 8.15. The molecule has 0 saturated carbocycles. The van der Waals surface area contributed by atoms with E-state index >= 15 is 0 Å². The molecule has 1 N–H and O–H groups in total. The normalized spacial score (nSPS) is 11.0. The van der Waals surface area contributed by atoms with E-state index in [1.807, 2.05) is 24.0 Å². The van der Waals surface area contributed by atoms with E-state index in [2.05, 4.69) is 60.3 Å². The molecule has 0 bridgehead atoms. The number of hydrogen-bond acceptors (Lipinski definition) is 4. The number of hydrogen-bond donors (Lipinski definition) is 1. The van der Waals surface area contributed by atoms with Gasteiger partial charge < -0.3 is 5.32 Å². The first-order valence-corrected chi connectivity index (χ1v) is 8.43. The minimum absolute atomic E-state index is 0.648. The minimum Gasteiger partial charge on any atom is -0.311 e. The van der Waals surface area contributed by atoms with Gasteiger partial charge in [0, 0.05) is 23.2 Å². The van der Waals surface area contributed by atoms with Crippen LogP contribution in [0.3, 0.4) is 0 Å². The molecular formula is C17H23N3S. The molecule has 0 aliphatic rings. The Labute approximate surface area is 131 Å². The first-order valence-electron chi connectivity index (χ1n) is 7.45. The predicted molar refractivity (Wildman–Crippen MR) is 90.4 cm³/mol. The summed E-state index contributed by atoms with van der Waals surface area (Å²) in [6.07, 6.45) is 1.84. The van der Waals surface area contributed by atoms with Gasteiger partial charge in [0.1, 0.15) is 0 Å². The van der Waals surface area contributed by atoms with Gasteiger partial charge in [0.05, 0.1) is 5.69 Å². The molecule has 2 aromatic rings. The molecule has 112 valence electrons. The zero-order valence-electron chi connectivity index (χ0n) is 13.0. The maximum atomic E-state index is 4.64. The Morgan fingerprint density at radius 1 is 1.14 bits per heavy atom. The Morgan fingerprint density at radius 3 is 2.57 bits per heavy atom. The lowest BCUT2D eigenvalue weighted by atomic mass is 10.2. The quantitative estimate of drug-likeness (QED) is 0.784. The fraction of sp³-hybridized carbons (Fsp3) is 0.412. The van der Waals surface area contributed by atoms with E-state index in [0.29, 0.717) is 5.92 Å². The SMILES string of the molecule is CCSc1ccc(-c2nccc(CNCC(C)C)n2)cc1. The molecule has 21 heavy (non-hydrogen) atoms. The lowest BCUT2D eigenvalue weighted by Gasteiger charge is -2.08. The first-order chi connectivity index (χ1) is 10.2. The van der Waals surface area contributed by atoms with Gasteiger partial charge >= 0.3 is 0 Å². The van der Waals surface area contributed by atoms with E-state index in [0.717, 1.165) is 35.9 Å². The third-order valence-corrected chi connectivity index (χ3v) is 3.89. The highest BCUT2D eigenvalue weighted by Crippen LogP contribution is 2.21. The Balaban J connectivity index is 2.05. The number of aromatic nitrogens is 2. The Hall–Kier alpha value is -1.39. The van der Waals surface area contributed by atoms with Gasteiger partial charge in [0.25, 0.3) is 0 Å². The number of nitrogens with one attached hydrogen (secondary N) is 1. The molecule has 1 aromatic heterocycles. The van der Waals surface area contributed by atoms with E-state index < -0.39 is 0 Å². The molecule has 0 saturated heterocycles. The van der Waals surface area contributed by atoms with Crippen molar-refractivity contribution in [2.24, 2.45) is 5.92 Å². The Morgan fingerprint density at radius 2 is 1.90 bits per heavy atom. The molecule has 0 fully saturated rings. The fourth-order valence-corrected chi connectivity index (χ4v) is 2.65. The summed E-state index contributed by atoms with van der Waals surface area (Å²) >= 11 is 1.85. The third kappa shape index (κ3) is 5.14. The van der Waals surface area contributed by atoms with Crippen LogP contribution in [-0.4, -0.2) is 22.3 Å². The van der Waals surface area contributed by atoms with Crippen LogP contribution in [0.25, 0.3) is 11.4 Å². The van der Waals surface area contributed by atoms with E-state index in [4.69, 9.17) is 0 Å². The molecule has 0 amide bonds. The molecule has 2 rings (SSSR count). The maximum Gasteiger partial charge on any atom is 0.159 e. The summed E-state index contributed by atoms with van der Waals surface area (Å²) in [5, 5.41) is 3.41. The van der Waals surface area contributed by atoms with Crippen molar-refractivity contribution in [1.29, 1.82) is 0 Å². The van der Waals surface area contributed by atoms with Crippen LogP contribution in [0.4, 0.5) is 0 Å². The zero-order valence-corrected chi connectivity index (χ0v) is 13.8. The summed E-state index contributed by atoms with van der Waals surface area (Å²) in [6, 6.07) is 10.4. The van der Waals surface area contributed by atoms with Crippen molar-refractivity contribution in [3.05, 3.63) is 42.2 Å². The summed E-state index contributed by atoms with van der Waals surface area (Å²) in [5.74, 6) is 2.54. The Bertz CT molecular complexity index is 552. The highest BCUT2D eigenvalue weighted by atomic mass is 32.2. The smallest absolute Gasteiger partial charge is 0.159 e. The summed E-state index contributed by atoms with van der Waals surface area (Å²) in [6.45, 7) is 8.36. The van der Waals surface area contributed by atoms with Crippen LogP contribution in [0.5, 0.6) is 0 Å². The molecule has 4 heteroatoms. The highest BCUT2D eigenvalue weighted by Gasteiger charge is 2.03. The molecule has 0 unspecified atom stereocenters. The second-order valence-corrected chi connectivity index (χ2v) is 6.69. The van der Waals surface area contributed by atoms with Crippen molar-refractivity contribution < 1.29 is 0 Å². The molecule has 0 spiro atoms. The highest BCUT2D eigenvalue weighted by molar-refractivity contribution is 7.99. The van der Waals surface area contributed by atoms with Crippen molar-refractivity contribution in [2.75, 3.05) is 12.3 Å². The molecule has 1 heterocycles. The van der Waals surface area contributed by atoms with Gasteiger partial charge in [-0.05, 0) is 36.4 Å². The van der Waals surface area contributed by atoms with Gasteiger partial charge in [0.15, 0.2) is 5.82 Å². The van der Waals surface area contributed by atoms with E-state index in [-0.39, 0.29) is 0 Å². The van der Waals surface area contributed by atoms with Crippen molar-refractivity contribution in [1.82, 2.24) is 15.3 Å². The van der Waals surface area contributed by atoms with Gasteiger partial charge in [-0.3, -0.25) is 0 Å². The van der Waals surface area contributed by atoms with E-state index in [1.165, 1.54) is 4.90 Å². The number of benzene rings is 1. The van der Waals surface area contributed by atoms with E-state index in [9.17, 15) is 0 Å². The number of rotatable bonds is 7. The standard InChI is InChI=1S/C17H23N3S/c1-4-21-16-7-5-14(6-8-16)17-19-10-9-15(20-17)12-18-11-13(2)3/h5-10,13,18H,4,11-12H2,1-3H3. The molecule has 0 atom stereocenters. The van der Waals surface area contributed by atoms with Gasteiger partial charge in [-0.15, -0.1) is 11.8 Å². The third-order valence-electron chi connectivity index (χ3n) is 3.00. The van der Waals surface area contributed by atoms with Crippen LogP contribution in [0, 0.1) is 5.92 Å². The van der Waals surface area contributed by atoms with Gasteiger partial charge in [-0.2, -0.15) is 0 Å². The van der Waals surface area contributed by atoms with Crippen LogP contribution in [0.2, 0.25) is 0 Å². The average Bonchev–Trinajstić information content (AvgIpc) is 2.48. The van der Waals surface area contributed by atoms with Gasteiger partial charge in [-0.25, -0.2) is 9.97 Å². The predicted octanol–water partition coefficient (Wildman–Crippen LogP) is 4.00. The molecule has 0 aliphatic carbocycles. The Kier molecular flexibility index (Phi) is 6.21. The first kappa shape index (κ1) is 16.0. The summed E-state index contributed by atoms with van der Waals surface area (Å²) in [4.78, 5) is 10.3. The lowest BCUT2D eigenvalue weighted by molar-refractivity contribution is 0.548. The number of nitrogens with zero attached hydrogens (tertiary/aromatic N) is 2. The van der Waals surface area contributed by atoms with Gasteiger partial charge in [0.2, 0.25) is 0 Å².